The molecule has 1 aromatic carbocycles. The van der Waals surface area contributed by atoms with Crippen LogP contribution in [-0.2, 0) is 15.9 Å². The predicted octanol–water partition coefficient (Wildman–Crippen LogP) is 4.39. The number of carbonyl (C=O) groups is 1. The Bertz CT molecular complexity index is 993. The molecular formula is C20H19ClF5N3O2. The van der Waals surface area contributed by atoms with Gasteiger partial charge >= 0.3 is 6.18 Å². The number of rotatable bonds is 7. The average molecular weight is 464 g/mol. The molecule has 1 aliphatic rings. The van der Waals surface area contributed by atoms with E-state index >= 15 is 0 Å². The minimum Gasteiger partial charge on any atom is -0.385 e. The van der Waals surface area contributed by atoms with Crippen LogP contribution in [-0.4, -0.2) is 28.7 Å². The van der Waals surface area contributed by atoms with Crippen LogP contribution in [0.3, 0.4) is 0 Å². The van der Waals surface area contributed by atoms with E-state index in [9.17, 15) is 31.9 Å². The number of hydrogen-bond donors (Lipinski definition) is 3. The lowest BCUT2D eigenvalue weighted by atomic mass is 9.91. The van der Waals surface area contributed by atoms with Gasteiger partial charge in [0.2, 0.25) is 5.91 Å². The fourth-order valence-electron chi connectivity index (χ4n) is 3.31. The van der Waals surface area contributed by atoms with Crippen molar-refractivity contribution in [2.45, 2.75) is 43.5 Å². The Morgan fingerprint density at radius 3 is 2.48 bits per heavy atom. The topological polar surface area (TPSA) is 74.2 Å². The Kier molecular flexibility index (Phi) is 6.16. The van der Waals surface area contributed by atoms with Crippen molar-refractivity contribution in [2.75, 3.05) is 11.9 Å². The van der Waals surface area contributed by atoms with Crippen LogP contribution in [0.25, 0.3) is 0 Å². The van der Waals surface area contributed by atoms with Crippen LogP contribution in [0.1, 0.15) is 37.3 Å². The molecule has 5 nitrogen and oxygen atoms in total. The predicted molar refractivity (Wildman–Crippen MR) is 103 cm³/mol. The maximum Gasteiger partial charge on any atom is 0.405 e. The third kappa shape index (κ3) is 5.82. The number of halogens is 6. The molecule has 0 bridgehead atoms. The molecule has 1 aromatic heterocycles. The molecule has 1 aliphatic carbocycles. The maximum absolute atomic E-state index is 14.0. The van der Waals surface area contributed by atoms with Gasteiger partial charge in [-0.1, -0.05) is 17.7 Å². The summed E-state index contributed by atoms with van der Waals surface area (Å²) in [6, 6.07) is 5.44. The van der Waals surface area contributed by atoms with Gasteiger partial charge in [-0.2, -0.15) is 13.2 Å². The fourth-order valence-corrected chi connectivity index (χ4v) is 3.52. The highest BCUT2D eigenvalue weighted by molar-refractivity contribution is 6.29. The van der Waals surface area contributed by atoms with Crippen molar-refractivity contribution in [2.24, 2.45) is 0 Å². The van der Waals surface area contributed by atoms with Crippen molar-refractivity contribution < 1.29 is 31.9 Å². The van der Waals surface area contributed by atoms with E-state index in [0.717, 1.165) is 12.1 Å². The van der Waals surface area contributed by atoms with Crippen LogP contribution >= 0.6 is 11.6 Å². The van der Waals surface area contributed by atoms with Crippen molar-refractivity contribution in [1.82, 2.24) is 10.3 Å². The van der Waals surface area contributed by atoms with Gasteiger partial charge in [-0.3, -0.25) is 4.79 Å². The molecule has 1 heterocycles. The van der Waals surface area contributed by atoms with Gasteiger partial charge in [0.25, 0.3) is 0 Å². The SMILES string of the molecule is C[C@](O)(CC(=O)NC1(c2cc(Cl)nc(NCC(F)(F)F)c2)CC1)c1ccc(F)cc1F. The van der Waals surface area contributed by atoms with E-state index in [1.165, 1.54) is 19.1 Å². The fraction of sp³-hybridized carbons (Fsp3) is 0.400. The number of aromatic nitrogens is 1. The molecule has 1 saturated carbocycles. The average Bonchev–Trinajstić information content (AvgIpc) is 3.38. The highest BCUT2D eigenvalue weighted by Crippen LogP contribution is 2.47. The summed E-state index contributed by atoms with van der Waals surface area (Å²) >= 11 is 5.93. The molecule has 2 aromatic rings. The zero-order chi connectivity index (χ0) is 23.0. The molecule has 11 heteroatoms. The molecule has 1 amide bonds. The number of anilines is 1. The first-order chi connectivity index (χ1) is 14.3. The second-order valence-corrected chi connectivity index (χ2v) is 8.12. The number of pyridine rings is 1. The van der Waals surface area contributed by atoms with Crippen molar-refractivity contribution in [1.29, 1.82) is 0 Å². The molecule has 1 atom stereocenters. The van der Waals surface area contributed by atoms with Crippen molar-refractivity contribution in [3.63, 3.8) is 0 Å². The number of benzene rings is 1. The summed E-state index contributed by atoms with van der Waals surface area (Å²) in [7, 11) is 0. The molecule has 168 valence electrons. The minimum absolute atomic E-state index is 0.0527. The second-order valence-electron chi connectivity index (χ2n) is 7.74. The first kappa shape index (κ1) is 23.2. The Morgan fingerprint density at radius 2 is 1.90 bits per heavy atom. The summed E-state index contributed by atoms with van der Waals surface area (Å²) in [5.41, 5.74) is -2.57. The van der Waals surface area contributed by atoms with E-state index in [0.29, 0.717) is 24.5 Å². The van der Waals surface area contributed by atoms with Gasteiger partial charge in [0.05, 0.1) is 17.6 Å². The monoisotopic (exact) mass is 463 g/mol. The number of nitrogens with one attached hydrogen (secondary N) is 2. The number of hydrogen-bond acceptors (Lipinski definition) is 4. The Hall–Kier alpha value is -2.46. The number of carbonyl (C=O) groups excluding carboxylic acids is 1. The van der Waals surface area contributed by atoms with E-state index in [-0.39, 0.29) is 16.5 Å². The summed E-state index contributed by atoms with van der Waals surface area (Å²) in [5.74, 6) is -2.52. The smallest absolute Gasteiger partial charge is 0.385 e. The highest BCUT2D eigenvalue weighted by atomic mass is 35.5. The minimum atomic E-state index is -4.45. The van der Waals surface area contributed by atoms with Crippen molar-refractivity contribution >= 4 is 23.3 Å². The molecule has 0 saturated heterocycles. The van der Waals surface area contributed by atoms with E-state index in [1.54, 1.807) is 0 Å². The first-order valence-electron chi connectivity index (χ1n) is 9.27. The van der Waals surface area contributed by atoms with Crippen LogP contribution in [0, 0.1) is 11.6 Å². The largest absolute Gasteiger partial charge is 0.405 e. The second kappa shape index (κ2) is 8.23. The number of nitrogens with zero attached hydrogens (tertiary/aromatic N) is 1. The standard InChI is InChI=1S/C20H19ClF5N3O2/c1-18(31,13-3-2-12(22)8-14(13)23)9-17(30)29-19(4-5-19)11-6-15(21)28-16(7-11)27-10-20(24,25)26/h2-3,6-8,31H,4-5,9-10H2,1H3,(H,27,28)(H,29,30)/t18-/m0/s1. The third-order valence-electron chi connectivity index (χ3n) is 4.96. The summed E-state index contributed by atoms with van der Waals surface area (Å²) in [6.45, 7) is -0.0732. The molecule has 31 heavy (non-hydrogen) atoms. The zero-order valence-corrected chi connectivity index (χ0v) is 17.0. The summed E-state index contributed by atoms with van der Waals surface area (Å²) < 4.78 is 64.5. The van der Waals surface area contributed by atoms with Gasteiger partial charge in [0.15, 0.2) is 0 Å². The van der Waals surface area contributed by atoms with Gasteiger partial charge in [-0.05, 0) is 43.5 Å². The lowest BCUT2D eigenvalue weighted by Crippen LogP contribution is -2.39. The number of alkyl halides is 3. The lowest BCUT2D eigenvalue weighted by molar-refractivity contribution is -0.127. The number of amides is 1. The zero-order valence-electron chi connectivity index (χ0n) is 16.3. The Balaban J connectivity index is 1.73. The maximum atomic E-state index is 14.0. The molecule has 1 fully saturated rings. The molecular weight excluding hydrogens is 445 g/mol. The number of aliphatic hydroxyl groups is 1. The van der Waals surface area contributed by atoms with E-state index < -0.39 is 47.8 Å². The van der Waals surface area contributed by atoms with Crippen molar-refractivity contribution in [3.05, 3.63) is 58.2 Å². The molecule has 0 unspecified atom stereocenters. The molecule has 3 N–H and O–H groups in total. The highest BCUT2D eigenvalue weighted by Gasteiger charge is 2.47. The van der Waals surface area contributed by atoms with Gasteiger partial charge < -0.3 is 15.7 Å². The van der Waals surface area contributed by atoms with E-state index in [1.807, 2.05) is 0 Å². The third-order valence-corrected chi connectivity index (χ3v) is 5.16. The van der Waals surface area contributed by atoms with Crippen molar-refractivity contribution in [3.8, 4) is 0 Å². The Morgan fingerprint density at radius 1 is 1.23 bits per heavy atom. The van der Waals surface area contributed by atoms with E-state index in [4.69, 9.17) is 11.6 Å². The molecule has 0 aliphatic heterocycles. The quantitative estimate of drug-likeness (QED) is 0.420. The lowest BCUT2D eigenvalue weighted by Gasteiger charge is -2.26. The van der Waals surface area contributed by atoms with Crippen LogP contribution in [0.15, 0.2) is 30.3 Å². The Labute approximate surface area is 179 Å². The van der Waals surface area contributed by atoms with Crippen LogP contribution < -0.4 is 10.6 Å². The van der Waals surface area contributed by atoms with Crippen LogP contribution in [0.4, 0.5) is 27.8 Å². The van der Waals surface area contributed by atoms with Gasteiger partial charge in [-0.15, -0.1) is 0 Å². The summed E-state index contributed by atoms with van der Waals surface area (Å²) in [6.07, 6.45) is -3.98. The van der Waals surface area contributed by atoms with Gasteiger partial charge in [0, 0.05) is 11.6 Å². The molecule has 3 rings (SSSR count). The molecule has 0 spiro atoms. The van der Waals surface area contributed by atoms with Gasteiger partial charge in [-0.25, -0.2) is 13.8 Å². The van der Waals surface area contributed by atoms with E-state index in [2.05, 4.69) is 15.6 Å². The first-order valence-corrected chi connectivity index (χ1v) is 9.65. The normalized spacial score (nSPS) is 17.0. The van der Waals surface area contributed by atoms with Crippen LogP contribution in [0.2, 0.25) is 5.15 Å². The summed E-state index contributed by atoms with van der Waals surface area (Å²) in [5, 5.41) is 15.4. The van der Waals surface area contributed by atoms with Gasteiger partial charge in [0.1, 0.15) is 29.2 Å². The molecule has 0 radical (unpaired) electrons. The summed E-state index contributed by atoms with van der Waals surface area (Å²) in [4.78, 5) is 16.4. The van der Waals surface area contributed by atoms with Crippen LogP contribution in [0.5, 0.6) is 0 Å².